The molecule has 1 unspecified atom stereocenters. The Morgan fingerprint density at radius 3 is 1.29 bits per heavy atom. The summed E-state index contributed by atoms with van der Waals surface area (Å²) < 4.78 is 0. The van der Waals surface area contributed by atoms with Crippen molar-refractivity contribution < 1.29 is 36.9 Å². The Balaban J connectivity index is -0.0000000522. The zero-order valence-electron chi connectivity index (χ0n) is 8.37. The molecule has 0 rings (SSSR count). The molecular weight excluding hydrogens is 240 g/mol. The van der Waals surface area contributed by atoms with E-state index in [1.165, 1.54) is 0 Å². The van der Waals surface area contributed by atoms with Gasteiger partial charge < -0.3 is 31.3 Å². The maximum Gasteiger partial charge on any atom is 2.00 e. The average Bonchev–Trinajstić information content (AvgIpc) is 1.84. The summed E-state index contributed by atoms with van der Waals surface area (Å²) in [4.78, 5) is 17.8. The van der Waals surface area contributed by atoms with Crippen molar-refractivity contribution in [2.45, 2.75) is 26.8 Å². The van der Waals surface area contributed by atoms with Gasteiger partial charge in [0.2, 0.25) is 0 Å². The first kappa shape index (κ1) is 23.3. The predicted octanol–water partition coefficient (Wildman–Crippen LogP) is -3.20. The summed E-state index contributed by atoms with van der Waals surface area (Å²) in [5.41, 5.74) is 10.2. The molecular formula is C7H16CuN2O4. The molecule has 89 valence electrons. The topological polar surface area (TPSA) is 132 Å². The Kier molecular flexibility index (Phi) is 30.3. The van der Waals surface area contributed by atoms with Crippen LogP contribution in [-0.2, 0) is 26.7 Å². The molecule has 0 aromatic carbocycles. The number of carbonyl (C=O) groups excluding carboxylic acids is 2. The van der Waals surface area contributed by atoms with Gasteiger partial charge in [-0.05, 0) is 20.8 Å². The van der Waals surface area contributed by atoms with E-state index in [2.05, 4.69) is 0 Å². The summed E-state index contributed by atoms with van der Waals surface area (Å²) in [5, 5.41) is 17.8. The van der Waals surface area contributed by atoms with E-state index < -0.39 is 11.9 Å². The third-order valence-corrected chi connectivity index (χ3v) is 0.372. The molecule has 0 aliphatic heterocycles. The number of hydrogen-bond donors (Lipinski definition) is 2. The van der Waals surface area contributed by atoms with E-state index in [4.69, 9.17) is 31.3 Å². The van der Waals surface area contributed by atoms with Crippen LogP contribution in [-0.4, -0.2) is 24.5 Å². The minimum absolute atomic E-state index is 0. The van der Waals surface area contributed by atoms with E-state index in [1.807, 2.05) is 6.92 Å². The van der Waals surface area contributed by atoms with Gasteiger partial charge in [-0.25, -0.2) is 0 Å². The van der Waals surface area contributed by atoms with E-state index >= 15 is 0 Å². The van der Waals surface area contributed by atoms with Crippen LogP contribution in [0.1, 0.15) is 20.8 Å². The number of carbonyl (C=O) groups is 2. The van der Waals surface area contributed by atoms with Crippen molar-refractivity contribution in [1.29, 1.82) is 0 Å². The Morgan fingerprint density at radius 1 is 1.21 bits per heavy atom. The van der Waals surface area contributed by atoms with E-state index in [0.717, 1.165) is 13.8 Å². The van der Waals surface area contributed by atoms with Crippen LogP contribution in [0.3, 0.4) is 0 Å². The molecule has 0 heterocycles. The van der Waals surface area contributed by atoms with Crippen molar-refractivity contribution in [1.82, 2.24) is 0 Å². The summed E-state index contributed by atoms with van der Waals surface area (Å²) in [5.74, 6) is -2.17. The minimum atomic E-state index is -1.08. The van der Waals surface area contributed by atoms with Gasteiger partial charge in [-0.1, -0.05) is 0 Å². The summed E-state index contributed by atoms with van der Waals surface area (Å²) >= 11 is 0. The number of rotatable bonds is 1. The number of nitrogens with two attached hydrogens (primary N) is 2. The van der Waals surface area contributed by atoms with Crippen LogP contribution in [0.25, 0.3) is 0 Å². The Hall–Kier alpha value is -0.621. The third-order valence-electron chi connectivity index (χ3n) is 0.372. The van der Waals surface area contributed by atoms with E-state index in [1.54, 1.807) is 0 Å². The number of carboxylic acids is 2. The zero-order chi connectivity index (χ0) is 11.4. The van der Waals surface area contributed by atoms with E-state index in [-0.39, 0.29) is 23.1 Å². The first-order chi connectivity index (χ1) is 5.73. The van der Waals surface area contributed by atoms with Crippen LogP contribution in [0.5, 0.6) is 0 Å². The van der Waals surface area contributed by atoms with E-state index in [9.17, 15) is 0 Å². The van der Waals surface area contributed by atoms with Gasteiger partial charge in [0, 0.05) is 24.5 Å². The fourth-order valence-electron chi connectivity index (χ4n) is 0. The largest absolute Gasteiger partial charge is 2.00 e. The van der Waals surface area contributed by atoms with Crippen LogP contribution >= 0.6 is 0 Å². The standard InChI is InChI=1S/C3H10N2.2C2H4O2.Cu/c1-3(5)2-4;2*1-2(3)4;/h3H,2,4-5H2,1H3;2*1H3,(H,3,4);/q;;;+2/p-2. The molecule has 0 bridgehead atoms. The first-order valence-corrected chi connectivity index (χ1v) is 3.54. The van der Waals surface area contributed by atoms with Crippen LogP contribution in [0.2, 0.25) is 0 Å². The van der Waals surface area contributed by atoms with Crippen molar-refractivity contribution in [3.63, 3.8) is 0 Å². The van der Waals surface area contributed by atoms with Gasteiger partial charge in [-0.3, -0.25) is 0 Å². The molecule has 4 N–H and O–H groups in total. The van der Waals surface area contributed by atoms with Crippen molar-refractivity contribution in [3.05, 3.63) is 0 Å². The summed E-state index contributed by atoms with van der Waals surface area (Å²) in [6.07, 6.45) is 0. The maximum absolute atomic E-state index is 8.89. The van der Waals surface area contributed by atoms with Crippen molar-refractivity contribution in [2.75, 3.05) is 6.54 Å². The van der Waals surface area contributed by atoms with Crippen molar-refractivity contribution in [3.8, 4) is 0 Å². The van der Waals surface area contributed by atoms with E-state index in [0.29, 0.717) is 6.54 Å². The molecule has 7 heteroatoms. The second kappa shape index (κ2) is 18.2. The summed E-state index contributed by atoms with van der Waals surface area (Å²) in [7, 11) is 0. The van der Waals surface area contributed by atoms with Crippen LogP contribution in [0, 0.1) is 0 Å². The van der Waals surface area contributed by atoms with Gasteiger partial charge in [0.25, 0.3) is 0 Å². The fourth-order valence-corrected chi connectivity index (χ4v) is 0. The van der Waals surface area contributed by atoms with Crippen molar-refractivity contribution >= 4 is 11.9 Å². The minimum Gasteiger partial charge on any atom is -0.550 e. The smallest absolute Gasteiger partial charge is 0.550 e. The van der Waals surface area contributed by atoms with Gasteiger partial charge in [0.1, 0.15) is 0 Å². The quantitative estimate of drug-likeness (QED) is 0.474. The number of hydrogen-bond acceptors (Lipinski definition) is 6. The SMILES string of the molecule is CC(=O)[O-].CC(=O)[O-].CC(N)CN.[Cu+2]. The summed E-state index contributed by atoms with van der Waals surface area (Å²) in [6, 6.07) is 0.162. The fraction of sp³-hybridized carbons (Fsp3) is 0.714. The molecule has 14 heavy (non-hydrogen) atoms. The van der Waals surface area contributed by atoms with Gasteiger partial charge >= 0.3 is 17.1 Å². The third kappa shape index (κ3) is 644. The van der Waals surface area contributed by atoms with Crippen molar-refractivity contribution in [2.24, 2.45) is 11.5 Å². The number of aliphatic carboxylic acids is 2. The maximum atomic E-state index is 8.89. The molecule has 0 aromatic heterocycles. The second-order valence-corrected chi connectivity index (χ2v) is 2.20. The second-order valence-electron chi connectivity index (χ2n) is 2.20. The molecule has 0 aliphatic carbocycles. The zero-order valence-corrected chi connectivity index (χ0v) is 9.32. The summed E-state index contributed by atoms with van der Waals surface area (Å²) in [6.45, 7) is 4.40. The van der Waals surface area contributed by atoms with Gasteiger partial charge in [-0.2, -0.15) is 0 Å². The van der Waals surface area contributed by atoms with Gasteiger partial charge in [0.15, 0.2) is 0 Å². The molecule has 0 aliphatic rings. The Morgan fingerprint density at radius 2 is 1.29 bits per heavy atom. The molecule has 0 fully saturated rings. The molecule has 1 radical (unpaired) electrons. The Labute approximate surface area is 94.1 Å². The van der Waals surface area contributed by atoms with Crippen LogP contribution in [0.15, 0.2) is 0 Å². The molecule has 0 aromatic rings. The normalized spacial score (nSPS) is 8.93. The van der Waals surface area contributed by atoms with Crippen LogP contribution in [0.4, 0.5) is 0 Å². The average molecular weight is 256 g/mol. The molecule has 0 amide bonds. The first-order valence-electron chi connectivity index (χ1n) is 3.54. The number of carboxylic acid groups (broad SMARTS) is 2. The Bertz CT molecular complexity index is 122. The van der Waals surface area contributed by atoms with Gasteiger partial charge in [0.05, 0.1) is 0 Å². The molecule has 6 nitrogen and oxygen atoms in total. The molecule has 0 saturated carbocycles. The monoisotopic (exact) mass is 255 g/mol. The molecule has 0 saturated heterocycles. The molecule has 1 atom stereocenters. The molecule has 0 spiro atoms. The van der Waals surface area contributed by atoms with Gasteiger partial charge in [-0.15, -0.1) is 0 Å². The predicted molar refractivity (Wildman–Crippen MR) is 44.1 cm³/mol. The van der Waals surface area contributed by atoms with Crippen LogP contribution < -0.4 is 21.7 Å².